The van der Waals surface area contributed by atoms with E-state index in [1.807, 2.05) is 25.1 Å². The highest BCUT2D eigenvalue weighted by atomic mass is 35.5. The van der Waals surface area contributed by atoms with Gasteiger partial charge in [-0.15, -0.1) is 0 Å². The number of amides is 1. The standard InChI is InChI=1S/C26H25ClN6O3/c1-13(35-2)24-29-11-17-19(33-24)14(7-10-28-17)20-21(31-16-6-4-5-15(27)22(16)36-3)18-23(32-20)26(8-9-26)12-30-25(18)34/h4-7,10-11,13,31-32H,8-9,12H2,1-3H3,(H,30,34). The molecular formula is C26H25ClN6O3. The van der Waals surface area contributed by atoms with Gasteiger partial charge in [0, 0.05) is 36.5 Å². The molecule has 0 saturated heterocycles. The van der Waals surface area contributed by atoms with Crippen LogP contribution in [0.15, 0.2) is 36.7 Å². The number of nitrogens with one attached hydrogen (secondary N) is 3. The molecule has 1 amide bonds. The Labute approximate surface area is 212 Å². The number of pyridine rings is 1. The number of rotatable bonds is 6. The highest BCUT2D eigenvalue weighted by Crippen LogP contribution is 2.54. The minimum atomic E-state index is -0.284. The van der Waals surface area contributed by atoms with Crippen LogP contribution >= 0.6 is 11.6 Å². The van der Waals surface area contributed by atoms with Gasteiger partial charge in [0.2, 0.25) is 0 Å². The first-order valence-corrected chi connectivity index (χ1v) is 12.1. The van der Waals surface area contributed by atoms with Gasteiger partial charge in [0.1, 0.15) is 17.1 Å². The van der Waals surface area contributed by atoms with Gasteiger partial charge in [-0.3, -0.25) is 9.78 Å². The van der Waals surface area contributed by atoms with Crippen molar-refractivity contribution in [3.63, 3.8) is 0 Å². The Kier molecular flexibility index (Phi) is 5.35. The van der Waals surface area contributed by atoms with Gasteiger partial charge in [-0.25, -0.2) is 9.97 Å². The summed E-state index contributed by atoms with van der Waals surface area (Å²) in [6.45, 7) is 2.51. The fourth-order valence-electron chi connectivity index (χ4n) is 4.86. The van der Waals surface area contributed by atoms with Crippen molar-refractivity contribution in [3.05, 3.63) is 58.8 Å². The molecule has 9 nitrogen and oxygen atoms in total. The lowest BCUT2D eigenvalue weighted by atomic mass is 9.93. The first kappa shape index (κ1) is 22.8. The molecule has 0 bridgehead atoms. The summed E-state index contributed by atoms with van der Waals surface area (Å²) in [6, 6.07) is 7.36. The van der Waals surface area contributed by atoms with Crippen molar-refractivity contribution in [1.82, 2.24) is 25.3 Å². The summed E-state index contributed by atoms with van der Waals surface area (Å²) < 4.78 is 11.0. The van der Waals surface area contributed by atoms with E-state index in [-0.39, 0.29) is 17.4 Å². The monoisotopic (exact) mass is 504 g/mol. The average Bonchev–Trinajstić information content (AvgIpc) is 3.58. The summed E-state index contributed by atoms with van der Waals surface area (Å²) in [6.07, 6.45) is 5.15. The number of nitrogens with zero attached hydrogens (tertiary/aromatic N) is 3. The zero-order valence-corrected chi connectivity index (χ0v) is 20.9. The Balaban J connectivity index is 1.61. The summed E-state index contributed by atoms with van der Waals surface area (Å²) in [5.74, 6) is 0.920. The van der Waals surface area contributed by atoms with Crippen LogP contribution in [0.2, 0.25) is 5.02 Å². The second kappa shape index (κ2) is 8.46. The van der Waals surface area contributed by atoms with Gasteiger partial charge in [0.25, 0.3) is 5.91 Å². The van der Waals surface area contributed by atoms with Crippen LogP contribution in [0, 0.1) is 0 Å². The number of fused-ring (bicyclic) bond motifs is 3. The van der Waals surface area contributed by atoms with Crippen molar-refractivity contribution in [2.75, 3.05) is 26.1 Å². The second-order valence-electron chi connectivity index (χ2n) is 9.23. The summed E-state index contributed by atoms with van der Waals surface area (Å²) in [5, 5.41) is 7.01. The maximum Gasteiger partial charge on any atom is 0.255 e. The lowest BCUT2D eigenvalue weighted by Crippen LogP contribution is -2.39. The molecule has 184 valence electrons. The average molecular weight is 505 g/mol. The molecule has 1 atom stereocenters. The van der Waals surface area contributed by atoms with E-state index in [4.69, 9.17) is 26.1 Å². The lowest BCUT2D eigenvalue weighted by molar-refractivity contribution is 0.0938. The molecule has 36 heavy (non-hydrogen) atoms. The van der Waals surface area contributed by atoms with Crippen LogP contribution < -0.4 is 15.4 Å². The number of aromatic amines is 1. The second-order valence-corrected chi connectivity index (χ2v) is 9.64. The zero-order valence-electron chi connectivity index (χ0n) is 20.1. The third-order valence-electron chi connectivity index (χ3n) is 7.11. The van der Waals surface area contributed by atoms with E-state index in [2.05, 4.69) is 25.6 Å². The van der Waals surface area contributed by atoms with Crippen molar-refractivity contribution < 1.29 is 14.3 Å². The molecule has 6 rings (SSSR count). The maximum absolute atomic E-state index is 13.2. The predicted molar refractivity (Wildman–Crippen MR) is 137 cm³/mol. The van der Waals surface area contributed by atoms with Crippen LogP contribution in [0.1, 0.15) is 47.7 Å². The lowest BCUT2D eigenvalue weighted by Gasteiger charge is -2.23. The normalized spacial score (nSPS) is 16.5. The molecule has 3 aromatic heterocycles. The molecule has 3 N–H and O–H groups in total. The predicted octanol–water partition coefficient (Wildman–Crippen LogP) is 4.91. The smallest absolute Gasteiger partial charge is 0.255 e. The fourth-order valence-corrected chi connectivity index (χ4v) is 5.11. The van der Waals surface area contributed by atoms with Crippen molar-refractivity contribution in [3.8, 4) is 17.0 Å². The molecule has 1 aliphatic heterocycles. The largest absolute Gasteiger partial charge is 0.493 e. The summed E-state index contributed by atoms with van der Waals surface area (Å²) in [4.78, 5) is 30.5. The van der Waals surface area contributed by atoms with Crippen molar-refractivity contribution in [2.45, 2.75) is 31.3 Å². The quantitative estimate of drug-likeness (QED) is 0.342. The Morgan fingerprint density at radius 3 is 2.78 bits per heavy atom. The third kappa shape index (κ3) is 3.50. The SMILES string of the molecule is COc1c(Cl)cccc1Nc1c(-c2ccnc3cnc(C(C)OC)nc23)[nH]c2c1C(=O)NCC21CC1. The van der Waals surface area contributed by atoms with Gasteiger partial charge >= 0.3 is 0 Å². The Hall–Kier alpha value is -3.69. The molecule has 1 saturated carbocycles. The van der Waals surface area contributed by atoms with Gasteiger partial charge in [0.15, 0.2) is 11.6 Å². The van der Waals surface area contributed by atoms with E-state index in [0.29, 0.717) is 51.1 Å². The Morgan fingerprint density at radius 1 is 1.19 bits per heavy atom. The molecule has 10 heteroatoms. The number of aromatic nitrogens is 4. The van der Waals surface area contributed by atoms with Crippen LogP contribution in [0.25, 0.3) is 22.3 Å². The minimum Gasteiger partial charge on any atom is -0.493 e. The maximum atomic E-state index is 13.2. The van der Waals surface area contributed by atoms with Gasteiger partial charge < -0.3 is 25.1 Å². The molecule has 1 aliphatic carbocycles. The Morgan fingerprint density at radius 2 is 2.03 bits per heavy atom. The van der Waals surface area contributed by atoms with Crippen LogP contribution in [-0.2, 0) is 10.2 Å². The van der Waals surface area contributed by atoms with Crippen molar-refractivity contribution in [2.24, 2.45) is 0 Å². The van der Waals surface area contributed by atoms with E-state index < -0.39 is 0 Å². The highest BCUT2D eigenvalue weighted by molar-refractivity contribution is 6.32. The van der Waals surface area contributed by atoms with Crippen LogP contribution in [0.3, 0.4) is 0 Å². The number of H-pyrrole nitrogens is 1. The molecule has 2 aliphatic rings. The number of hydrogen-bond donors (Lipinski definition) is 3. The fraction of sp³-hybridized carbons (Fsp3) is 0.308. The molecule has 4 aromatic rings. The van der Waals surface area contributed by atoms with Gasteiger partial charge in [-0.2, -0.15) is 0 Å². The van der Waals surface area contributed by atoms with Crippen LogP contribution in [0.5, 0.6) is 5.75 Å². The summed E-state index contributed by atoms with van der Waals surface area (Å²) >= 11 is 6.40. The van der Waals surface area contributed by atoms with Crippen molar-refractivity contribution >= 4 is 39.9 Å². The number of methoxy groups -OCH3 is 2. The van der Waals surface area contributed by atoms with Gasteiger partial charge in [-0.05, 0) is 38.0 Å². The van der Waals surface area contributed by atoms with E-state index in [1.165, 1.54) is 0 Å². The number of hydrogen-bond acceptors (Lipinski definition) is 7. The summed E-state index contributed by atoms with van der Waals surface area (Å²) in [7, 11) is 3.19. The molecule has 1 fully saturated rings. The zero-order chi connectivity index (χ0) is 25.0. The van der Waals surface area contributed by atoms with Gasteiger partial charge in [0.05, 0.1) is 41.0 Å². The first-order chi connectivity index (χ1) is 17.5. The Bertz CT molecular complexity index is 1510. The number of benzene rings is 1. The van der Waals surface area contributed by atoms with Crippen molar-refractivity contribution in [1.29, 1.82) is 0 Å². The van der Waals surface area contributed by atoms with Crippen LogP contribution in [-0.4, -0.2) is 46.6 Å². The molecule has 1 aromatic carbocycles. The first-order valence-electron chi connectivity index (χ1n) is 11.7. The molecule has 4 heterocycles. The van der Waals surface area contributed by atoms with Gasteiger partial charge in [-0.1, -0.05) is 17.7 Å². The number of anilines is 2. The van der Waals surface area contributed by atoms with E-state index >= 15 is 0 Å². The number of ether oxygens (including phenoxy) is 2. The number of carbonyl (C=O) groups excluding carboxylic acids is 1. The van der Waals surface area contributed by atoms with E-state index in [0.717, 1.165) is 29.8 Å². The number of carbonyl (C=O) groups is 1. The number of para-hydroxylation sites is 1. The molecule has 1 unspecified atom stereocenters. The molecular weight excluding hydrogens is 480 g/mol. The minimum absolute atomic E-state index is 0.0795. The van der Waals surface area contributed by atoms with E-state index in [1.54, 1.807) is 32.7 Å². The topological polar surface area (TPSA) is 114 Å². The summed E-state index contributed by atoms with van der Waals surface area (Å²) in [5.41, 5.74) is 5.60. The van der Waals surface area contributed by atoms with E-state index in [9.17, 15) is 4.79 Å². The molecule has 1 spiro atoms. The highest BCUT2D eigenvalue weighted by Gasteiger charge is 2.51. The third-order valence-corrected chi connectivity index (χ3v) is 7.41. The van der Waals surface area contributed by atoms with Crippen LogP contribution in [0.4, 0.5) is 11.4 Å². The number of halogens is 1. The molecule has 0 radical (unpaired) electrons.